The number of rotatable bonds is 6. The quantitative estimate of drug-likeness (QED) is 0.319. The fraction of sp³-hybridized carbons (Fsp3) is 0.160. The average Bonchev–Trinajstić information content (AvgIpc) is 3.47. The van der Waals surface area contributed by atoms with Crippen molar-refractivity contribution in [3.05, 3.63) is 100 Å². The van der Waals surface area contributed by atoms with E-state index in [0.717, 1.165) is 16.8 Å². The molecule has 7 nitrogen and oxygen atoms in total. The minimum atomic E-state index is -0.557. The molecule has 9 heteroatoms. The number of nitrogens with one attached hydrogen (secondary N) is 2. The summed E-state index contributed by atoms with van der Waals surface area (Å²) in [5.41, 5.74) is 3.99. The van der Waals surface area contributed by atoms with Crippen molar-refractivity contribution >= 4 is 40.9 Å². The second kappa shape index (κ2) is 9.40. The number of hydrogen-bond acceptors (Lipinski definition) is 6. The Kier molecular flexibility index (Phi) is 6.17. The van der Waals surface area contributed by atoms with Crippen LogP contribution in [0.5, 0.6) is 0 Å². The summed E-state index contributed by atoms with van der Waals surface area (Å²) in [4.78, 5) is 18.1. The molecule has 1 unspecified atom stereocenters. The third-order valence-corrected chi connectivity index (χ3v) is 6.74. The number of anilines is 2. The number of hydrogen-bond donors (Lipinski definition) is 2. The smallest absolute Gasteiger partial charge is 0.256 e. The van der Waals surface area contributed by atoms with Crippen LogP contribution in [-0.2, 0) is 10.5 Å². The van der Waals surface area contributed by atoms with Gasteiger partial charge in [-0.2, -0.15) is 4.98 Å². The third-order valence-electron chi connectivity index (χ3n) is 5.48. The molecule has 2 aromatic carbocycles. The molecule has 34 heavy (non-hydrogen) atoms. The van der Waals surface area contributed by atoms with Crippen LogP contribution in [0.3, 0.4) is 0 Å². The number of halogens is 1. The highest BCUT2D eigenvalue weighted by Gasteiger charge is 2.36. The Morgan fingerprint density at radius 1 is 1.18 bits per heavy atom. The van der Waals surface area contributed by atoms with Gasteiger partial charge in [0.1, 0.15) is 11.8 Å². The van der Waals surface area contributed by atoms with Gasteiger partial charge in [-0.25, -0.2) is 4.68 Å². The highest BCUT2D eigenvalue weighted by atomic mass is 35.5. The minimum absolute atomic E-state index is 0.233. The Morgan fingerprint density at radius 2 is 2.03 bits per heavy atom. The normalized spacial score (nSPS) is 15.1. The minimum Gasteiger partial charge on any atom is -0.467 e. The Bertz CT molecular complexity index is 1380. The lowest BCUT2D eigenvalue weighted by Gasteiger charge is -2.27. The molecular weight excluding hydrogens is 470 g/mol. The number of furan rings is 1. The van der Waals surface area contributed by atoms with Crippen LogP contribution in [0.15, 0.2) is 87.8 Å². The van der Waals surface area contributed by atoms with Crippen LogP contribution in [0.4, 0.5) is 11.6 Å². The van der Waals surface area contributed by atoms with E-state index in [9.17, 15) is 4.79 Å². The highest BCUT2D eigenvalue weighted by Crippen LogP contribution is 2.37. The topological polar surface area (TPSA) is 85.0 Å². The van der Waals surface area contributed by atoms with E-state index in [0.29, 0.717) is 38.9 Å². The second-order valence-corrected chi connectivity index (χ2v) is 9.30. The molecule has 0 fully saturated rings. The summed E-state index contributed by atoms with van der Waals surface area (Å²) in [5, 5.41) is 12.2. The lowest BCUT2D eigenvalue weighted by molar-refractivity contribution is -0.113. The first kappa shape index (κ1) is 22.3. The maximum Gasteiger partial charge on any atom is 0.256 e. The Hall–Kier alpha value is -3.49. The van der Waals surface area contributed by atoms with Crippen LogP contribution in [0.2, 0.25) is 5.02 Å². The zero-order valence-electron chi connectivity index (χ0n) is 18.6. The number of allylic oxidation sites excluding steroid dienone is 1. The van der Waals surface area contributed by atoms with Gasteiger partial charge in [-0.3, -0.25) is 4.79 Å². The van der Waals surface area contributed by atoms with E-state index in [4.69, 9.17) is 21.1 Å². The predicted octanol–water partition coefficient (Wildman–Crippen LogP) is 6.05. The van der Waals surface area contributed by atoms with Crippen molar-refractivity contribution in [1.82, 2.24) is 14.8 Å². The number of fused-ring (bicyclic) bond motifs is 1. The summed E-state index contributed by atoms with van der Waals surface area (Å²) in [6.45, 7) is 3.84. The molecule has 0 aliphatic carbocycles. The fourth-order valence-electron chi connectivity index (χ4n) is 3.88. The number of thioether (sulfide) groups is 1. The molecule has 2 aromatic heterocycles. The van der Waals surface area contributed by atoms with E-state index >= 15 is 0 Å². The Balaban J connectivity index is 1.46. The van der Waals surface area contributed by atoms with Gasteiger partial charge < -0.3 is 15.1 Å². The third kappa shape index (κ3) is 4.47. The summed E-state index contributed by atoms with van der Waals surface area (Å²) in [5.74, 6) is 1.54. The number of carbonyl (C=O) groups excluding carboxylic acids is 1. The van der Waals surface area contributed by atoms with Crippen LogP contribution in [0.25, 0.3) is 0 Å². The Labute approximate surface area is 206 Å². The molecule has 4 aromatic rings. The van der Waals surface area contributed by atoms with E-state index in [1.54, 1.807) is 17.0 Å². The molecule has 0 bridgehead atoms. The lowest BCUT2D eigenvalue weighted by atomic mass is 10.00. The molecular formula is C25H22ClN5O2S. The first-order valence-corrected chi connectivity index (χ1v) is 12.1. The Morgan fingerprint density at radius 3 is 2.79 bits per heavy atom. The zero-order chi connectivity index (χ0) is 23.7. The molecule has 0 radical (unpaired) electrons. The van der Waals surface area contributed by atoms with Crippen molar-refractivity contribution in [2.24, 2.45) is 0 Å². The molecule has 3 heterocycles. The van der Waals surface area contributed by atoms with Crippen LogP contribution >= 0.6 is 23.4 Å². The van der Waals surface area contributed by atoms with Gasteiger partial charge in [0.05, 0.1) is 11.8 Å². The standard InChI is InChI=1S/C25H22ClN5O2S/c1-15-7-5-9-18(13-15)28-23(32)21-16(2)27-24-29-25(34-14-17-8-3-4-10-19(17)26)30-31(24)22(21)20-11-6-12-33-20/h3-13,22H,14H2,1-2H3,(H,28,32)(H,27,29,30). The first-order chi connectivity index (χ1) is 16.5. The summed E-state index contributed by atoms with van der Waals surface area (Å²) >= 11 is 7.77. The summed E-state index contributed by atoms with van der Waals surface area (Å²) < 4.78 is 7.43. The van der Waals surface area contributed by atoms with Gasteiger partial charge in [0.25, 0.3) is 5.91 Å². The molecule has 1 aliphatic heterocycles. The van der Waals surface area contributed by atoms with E-state index in [1.807, 2.05) is 68.4 Å². The van der Waals surface area contributed by atoms with Gasteiger partial charge in [0.15, 0.2) is 0 Å². The van der Waals surface area contributed by atoms with Crippen molar-refractivity contribution in [3.63, 3.8) is 0 Å². The summed E-state index contributed by atoms with van der Waals surface area (Å²) in [6.07, 6.45) is 1.59. The lowest BCUT2D eigenvalue weighted by Crippen LogP contribution is -2.31. The van der Waals surface area contributed by atoms with Gasteiger partial charge in [0.2, 0.25) is 11.1 Å². The SMILES string of the molecule is CC1=C(C(=O)Nc2cccc(C)c2)C(c2ccco2)n2nc(SCc3ccccc3Cl)nc2N1. The van der Waals surface area contributed by atoms with Crippen LogP contribution in [0.1, 0.15) is 29.9 Å². The maximum absolute atomic E-state index is 13.4. The van der Waals surface area contributed by atoms with Gasteiger partial charge in [-0.15, -0.1) is 5.10 Å². The fourth-order valence-corrected chi connectivity index (χ4v) is 4.99. The van der Waals surface area contributed by atoms with Crippen LogP contribution in [-0.4, -0.2) is 20.7 Å². The second-order valence-electron chi connectivity index (χ2n) is 7.95. The van der Waals surface area contributed by atoms with Gasteiger partial charge in [-0.1, -0.05) is 53.7 Å². The van der Waals surface area contributed by atoms with Gasteiger partial charge >= 0.3 is 0 Å². The molecule has 172 valence electrons. The van der Waals surface area contributed by atoms with E-state index < -0.39 is 6.04 Å². The number of aryl methyl sites for hydroxylation is 1. The van der Waals surface area contributed by atoms with Crippen molar-refractivity contribution in [2.45, 2.75) is 30.8 Å². The van der Waals surface area contributed by atoms with Crippen molar-refractivity contribution in [2.75, 3.05) is 10.6 Å². The van der Waals surface area contributed by atoms with Crippen LogP contribution < -0.4 is 10.6 Å². The molecule has 0 spiro atoms. The summed E-state index contributed by atoms with van der Waals surface area (Å²) in [6, 6.07) is 18.5. The van der Waals surface area contributed by atoms with E-state index in [1.165, 1.54) is 11.8 Å². The number of nitrogens with zero attached hydrogens (tertiary/aromatic N) is 3. The molecule has 2 N–H and O–H groups in total. The first-order valence-electron chi connectivity index (χ1n) is 10.7. The largest absolute Gasteiger partial charge is 0.467 e. The van der Waals surface area contributed by atoms with Crippen molar-refractivity contribution in [3.8, 4) is 0 Å². The van der Waals surface area contributed by atoms with Gasteiger partial charge in [-0.05, 0) is 55.3 Å². The van der Waals surface area contributed by atoms with E-state index in [2.05, 4.69) is 15.6 Å². The molecule has 5 rings (SSSR count). The van der Waals surface area contributed by atoms with E-state index in [-0.39, 0.29) is 5.91 Å². The number of benzene rings is 2. The molecule has 1 aliphatic rings. The molecule has 1 amide bonds. The maximum atomic E-state index is 13.4. The number of amides is 1. The van der Waals surface area contributed by atoms with Crippen molar-refractivity contribution < 1.29 is 9.21 Å². The molecule has 1 atom stereocenters. The monoisotopic (exact) mass is 491 g/mol. The number of aromatic nitrogens is 3. The molecule has 0 saturated heterocycles. The molecule has 0 saturated carbocycles. The van der Waals surface area contributed by atoms with Gasteiger partial charge in [0, 0.05) is 22.2 Å². The zero-order valence-corrected chi connectivity index (χ0v) is 20.2. The average molecular weight is 492 g/mol. The van der Waals surface area contributed by atoms with Crippen LogP contribution in [0, 0.1) is 6.92 Å². The summed E-state index contributed by atoms with van der Waals surface area (Å²) in [7, 11) is 0. The number of carbonyl (C=O) groups is 1. The highest BCUT2D eigenvalue weighted by molar-refractivity contribution is 7.98. The predicted molar refractivity (Wildman–Crippen MR) is 134 cm³/mol. The van der Waals surface area contributed by atoms with Crippen molar-refractivity contribution in [1.29, 1.82) is 0 Å².